The number of benzene rings is 1. The molecule has 2 rings (SSSR count). The summed E-state index contributed by atoms with van der Waals surface area (Å²) in [5.41, 5.74) is 11.9. The number of carbonyl (C=O) groups is 1. The molecule has 0 radical (unpaired) electrons. The average Bonchev–Trinajstić information content (AvgIpc) is 2.35. The number of hydrogen-bond donors (Lipinski definition) is 2. The summed E-state index contributed by atoms with van der Waals surface area (Å²) < 4.78 is 0. The second-order valence-electron chi connectivity index (χ2n) is 4.36. The van der Waals surface area contributed by atoms with Crippen LogP contribution in [0.1, 0.15) is 36.5 Å². The number of rotatable bonds is 2. The summed E-state index contributed by atoms with van der Waals surface area (Å²) in [5, 5.41) is 3.93. The molecule has 1 aliphatic rings. The molecule has 0 bridgehead atoms. The van der Waals surface area contributed by atoms with Gasteiger partial charge >= 0.3 is 6.03 Å². The highest BCUT2D eigenvalue weighted by atomic mass is 16.2. The van der Waals surface area contributed by atoms with E-state index in [-0.39, 0.29) is 0 Å². The number of aryl methyl sites for hydroxylation is 2. The molecule has 17 heavy (non-hydrogen) atoms. The van der Waals surface area contributed by atoms with Crippen molar-refractivity contribution in [3.05, 3.63) is 34.9 Å². The Morgan fingerprint density at radius 2 is 2.00 bits per heavy atom. The van der Waals surface area contributed by atoms with Gasteiger partial charge in [0.15, 0.2) is 0 Å². The van der Waals surface area contributed by atoms with Crippen LogP contribution in [0.5, 0.6) is 0 Å². The molecule has 0 aliphatic heterocycles. The number of fused-ring (bicyclic) bond motifs is 1. The topological polar surface area (TPSA) is 67.5 Å². The molecular weight excluding hydrogens is 214 g/mol. The smallest absolute Gasteiger partial charge is 0.332 e. The molecule has 0 atom stereocenters. The van der Waals surface area contributed by atoms with E-state index in [2.05, 4.69) is 22.7 Å². The number of carbonyl (C=O) groups excluding carboxylic acids is 1. The first kappa shape index (κ1) is 11.6. The number of hydrazone groups is 1. The lowest BCUT2D eigenvalue weighted by atomic mass is 9.90. The van der Waals surface area contributed by atoms with E-state index in [1.807, 2.05) is 13.0 Å². The minimum atomic E-state index is -0.637. The molecule has 4 nitrogen and oxygen atoms in total. The molecule has 0 unspecified atom stereocenters. The van der Waals surface area contributed by atoms with Crippen molar-refractivity contribution in [1.82, 2.24) is 5.43 Å². The van der Waals surface area contributed by atoms with Gasteiger partial charge in [0.05, 0.1) is 5.71 Å². The summed E-state index contributed by atoms with van der Waals surface area (Å²) in [5.74, 6) is 0. The predicted molar refractivity (Wildman–Crippen MR) is 68.0 cm³/mol. The van der Waals surface area contributed by atoms with Gasteiger partial charge in [0.25, 0.3) is 0 Å². The van der Waals surface area contributed by atoms with Crippen molar-refractivity contribution in [3.8, 4) is 0 Å². The van der Waals surface area contributed by atoms with E-state index in [4.69, 9.17) is 5.73 Å². The molecular formula is C13H17N3O. The highest BCUT2D eigenvalue weighted by molar-refractivity contribution is 5.99. The lowest BCUT2D eigenvalue weighted by molar-refractivity contribution is 0.249. The molecule has 0 saturated heterocycles. The third-order valence-corrected chi connectivity index (χ3v) is 3.10. The van der Waals surface area contributed by atoms with Gasteiger partial charge < -0.3 is 5.73 Å². The Labute approximate surface area is 101 Å². The molecule has 1 aliphatic carbocycles. The summed E-state index contributed by atoms with van der Waals surface area (Å²) >= 11 is 0. The van der Waals surface area contributed by atoms with Crippen LogP contribution < -0.4 is 11.2 Å². The Balaban J connectivity index is 2.21. The summed E-state index contributed by atoms with van der Waals surface area (Å²) in [4.78, 5) is 10.6. The fraction of sp³-hybridized carbons (Fsp3) is 0.385. The van der Waals surface area contributed by atoms with E-state index in [1.54, 1.807) is 0 Å². The highest BCUT2D eigenvalue weighted by Gasteiger charge is 2.10. The van der Waals surface area contributed by atoms with E-state index in [0.717, 1.165) is 17.7 Å². The van der Waals surface area contributed by atoms with Crippen molar-refractivity contribution in [2.45, 2.75) is 32.6 Å². The first-order chi connectivity index (χ1) is 8.16. The van der Waals surface area contributed by atoms with Gasteiger partial charge in [0.2, 0.25) is 0 Å². The van der Waals surface area contributed by atoms with Gasteiger partial charge in [-0.1, -0.05) is 12.1 Å². The van der Waals surface area contributed by atoms with E-state index in [1.165, 1.54) is 30.4 Å². The number of amides is 2. The molecule has 3 N–H and O–H groups in total. The molecule has 0 spiro atoms. The van der Waals surface area contributed by atoms with E-state index in [0.29, 0.717) is 0 Å². The van der Waals surface area contributed by atoms with Gasteiger partial charge in [0, 0.05) is 0 Å². The SMILES string of the molecule is C/C(=N/NC(N)=O)c1ccc2c(c1)CCCC2. The summed E-state index contributed by atoms with van der Waals surface area (Å²) in [6.07, 6.45) is 4.85. The van der Waals surface area contributed by atoms with Crippen molar-refractivity contribution in [2.75, 3.05) is 0 Å². The Morgan fingerprint density at radius 1 is 1.29 bits per heavy atom. The largest absolute Gasteiger partial charge is 0.350 e. The number of primary amides is 1. The fourth-order valence-electron chi connectivity index (χ4n) is 2.16. The van der Waals surface area contributed by atoms with Gasteiger partial charge in [-0.2, -0.15) is 5.10 Å². The highest BCUT2D eigenvalue weighted by Crippen LogP contribution is 2.22. The normalized spacial score (nSPS) is 15.2. The molecule has 2 amide bonds. The van der Waals surface area contributed by atoms with E-state index < -0.39 is 6.03 Å². The van der Waals surface area contributed by atoms with Crippen molar-refractivity contribution in [3.63, 3.8) is 0 Å². The number of hydrogen-bond acceptors (Lipinski definition) is 2. The Morgan fingerprint density at radius 3 is 2.71 bits per heavy atom. The van der Waals surface area contributed by atoms with E-state index in [9.17, 15) is 4.79 Å². The molecule has 4 heteroatoms. The van der Waals surface area contributed by atoms with Crippen LogP contribution >= 0.6 is 0 Å². The van der Waals surface area contributed by atoms with Gasteiger partial charge in [-0.3, -0.25) is 0 Å². The van der Waals surface area contributed by atoms with Gasteiger partial charge in [0.1, 0.15) is 0 Å². The Bertz CT molecular complexity index is 466. The van der Waals surface area contributed by atoms with Crippen LogP contribution in [-0.4, -0.2) is 11.7 Å². The van der Waals surface area contributed by atoms with Crippen molar-refractivity contribution in [1.29, 1.82) is 0 Å². The maximum Gasteiger partial charge on any atom is 0.332 e. The molecule has 0 fully saturated rings. The lowest BCUT2D eigenvalue weighted by Crippen LogP contribution is -2.25. The first-order valence-corrected chi connectivity index (χ1v) is 5.89. The maximum absolute atomic E-state index is 10.6. The Kier molecular flexibility index (Phi) is 3.42. The van der Waals surface area contributed by atoms with Crippen LogP contribution in [0.15, 0.2) is 23.3 Å². The lowest BCUT2D eigenvalue weighted by Gasteiger charge is -2.16. The molecule has 1 aromatic rings. The minimum absolute atomic E-state index is 0.637. The zero-order valence-corrected chi connectivity index (χ0v) is 9.99. The fourth-order valence-corrected chi connectivity index (χ4v) is 2.16. The number of nitrogens with one attached hydrogen (secondary N) is 1. The second kappa shape index (κ2) is 4.99. The van der Waals surface area contributed by atoms with E-state index >= 15 is 0 Å². The van der Waals surface area contributed by atoms with Crippen LogP contribution in [-0.2, 0) is 12.8 Å². The second-order valence-corrected chi connectivity index (χ2v) is 4.36. The van der Waals surface area contributed by atoms with Crippen LogP contribution in [0.4, 0.5) is 4.79 Å². The molecule has 0 aromatic heterocycles. The standard InChI is InChI=1S/C13H17N3O/c1-9(15-16-13(14)17)11-7-6-10-4-2-3-5-12(10)8-11/h6-8H,2-5H2,1H3,(H3,14,16,17)/b15-9-. The van der Waals surface area contributed by atoms with Gasteiger partial charge in [-0.25, -0.2) is 10.2 Å². The quantitative estimate of drug-likeness (QED) is 0.593. The van der Waals surface area contributed by atoms with Crippen LogP contribution in [0.3, 0.4) is 0 Å². The van der Waals surface area contributed by atoms with Gasteiger partial charge in [-0.05, 0) is 55.4 Å². The summed E-state index contributed by atoms with van der Waals surface area (Å²) in [6.45, 7) is 1.86. The number of nitrogens with zero attached hydrogens (tertiary/aromatic N) is 1. The zero-order chi connectivity index (χ0) is 12.3. The maximum atomic E-state index is 10.6. The molecule has 1 aromatic carbocycles. The third-order valence-electron chi connectivity index (χ3n) is 3.10. The zero-order valence-electron chi connectivity index (χ0n) is 9.99. The minimum Gasteiger partial charge on any atom is -0.350 e. The third kappa shape index (κ3) is 2.84. The van der Waals surface area contributed by atoms with Crippen LogP contribution in [0.2, 0.25) is 0 Å². The molecule has 0 heterocycles. The Hall–Kier alpha value is -1.84. The summed E-state index contributed by atoms with van der Waals surface area (Å²) in [6, 6.07) is 5.73. The number of urea groups is 1. The van der Waals surface area contributed by atoms with Crippen molar-refractivity contribution in [2.24, 2.45) is 10.8 Å². The summed E-state index contributed by atoms with van der Waals surface area (Å²) in [7, 11) is 0. The first-order valence-electron chi connectivity index (χ1n) is 5.89. The van der Waals surface area contributed by atoms with Crippen molar-refractivity contribution >= 4 is 11.7 Å². The number of nitrogens with two attached hydrogens (primary N) is 1. The molecule has 0 saturated carbocycles. The van der Waals surface area contributed by atoms with Crippen molar-refractivity contribution < 1.29 is 4.79 Å². The predicted octanol–water partition coefficient (Wildman–Crippen LogP) is 1.96. The molecule has 90 valence electrons. The monoisotopic (exact) mass is 231 g/mol. The van der Waals surface area contributed by atoms with Crippen LogP contribution in [0, 0.1) is 0 Å². The van der Waals surface area contributed by atoms with Gasteiger partial charge in [-0.15, -0.1) is 0 Å². The van der Waals surface area contributed by atoms with Crippen LogP contribution in [0.25, 0.3) is 0 Å². The average molecular weight is 231 g/mol.